The molecule has 0 saturated carbocycles. The van der Waals surface area contributed by atoms with Crippen molar-refractivity contribution in [2.24, 2.45) is 7.05 Å². The maximum atomic E-state index is 12.2. The van der Waals surface area contributed by atoms with E-state index in [1.54, 1.807) is 11.3 Å². The molecule has 0 saturated heterocycles. The molecule has 0 fully saturated rings. The van der Waals surface area contributed by atoms with Crippen molar-refractivity contribution in [3.05, 3.63) is 53.5 Å². The van der Waals surface area contributed by atoms with E-state index in [4.69, 9.17) is 0 Å². The Labute approximate surface area is 165 Å². The van der Waals surface area contributed by atoms with E-state index in [1.165, 1.54) is 22.7 Å². The van der Waals surface area contributed by atoms with Crippen LogP contribution in [0.1, 0.15) is 5.56 Å². The van der Waals surface area contributed by atoms with Gasteiger partial charge in [-0.2, -0.15) is 0 Å². The Kier molecular flexibility index (Phi) is 5.26. The fraction of sp³-hybridized carbons (Fsp3) is 0.211. The summed E-state index contributed by atoms with van der Waals surface area (Å²) in [6.07, 6.45) is 2.81. The maximum absolute atomic E-state index is 12.2. The van der Waals surface area contributed by atoms with Crippen LogP contribution in [0.3, 0.4) is 0 Å². The normalized spacial score (nSPS) is 11.1. The highest BCUT2D eigenvalue weighted by Crippen LogP contribution is 2.25. The molecule has 0 aliphatic heterocycles. The molecule has 8 heteroatoms. The molecule has 0 atom stereocenters. The minimum atomic E-state index is 0.000477. The van der Waals surface area contributed by atoms with Crippen LogP contribution in [0.25, 0.3) is 21.6 Å². The zero-order valence-electron chi connectivity index (χ0n) is 14.8. The Balaban J connectivity index is 1.28. The van der Waals surface area contributed by atoms with E-state index in [0.717, 1.165) is 27.8 Å². The molecule has 0 bridgehead atoms. The molecule has 0 spiro atoms. The van der Waals surface area contributed by atoms with Gasteiger partial charge in [0.15, 0.2) is 11.0 Å². The summed E-state index contributed by atoms with van der Waals surface area (Å²) in [5.41, 5.74) is 2.34. The van der Waals surface area contributed by atoms with Gasteiger partial charge in [-0.25, -0.2) is 0 Å². The third kappa shape index (κ3) is 3.91. The Hall–Kier alpha value is -2.58. The topological polar surface area (TPSA) is 75.6 Å². The van der Waals surface area contributed by atoms with Crippen LogP contribution in [0.2, 0.25) is 0 Å². The molecule has 3 aromatic heterocycles. The summed E-state index contributed by atoms with van der Waals surface area (Å²) in [5.74, 6) is 1.15. The minimum Gasteiger partial charge on any atom is -0.361 e. The van der Waals surface area contributed by atoms with Gasteiger partial charge in [0.1, 0.15) is 0 Å². The highest BCUT2D eigenvalue weighted by atomic mass is 32.2. The van der Waals surface area contributed by atoms with Gasteiger partial charge in [-0.3, -0.25) is 4.79 Å². The van der Waals surface area contributed by atoms with E-state index in [1.807, 2.05) is 47.5 Å². The molecule has 138 valence electrons. The number of nitrogens with one attached hydrogen (secondary N) is 2. The summed E-state index contributed by atoms with van der Waals surface area (Å²) < 4.78 is 1.93. The number of carbonyl (C=O) groups is 1. The van der Waals surface area contributed by atoms with Gasteiger partial charge in [0, 0.05) is 30.7 Å². The number of nitrogens with zero attached hydrogens (tertiary/aromatic N) is 3. The van der Waals surface area contributed by atoms with Crippen LogP contribution in [0.5, 0.6) is 0 Å². The van der Waals surface area contributed by atoms with Crippen molar-refractivity contribution in [3.63, 3.8) is 0 Å². The van der Waals surface area contributed by atoms with Crippen LogP contribution in [0.15, 0.2) is 53.1 Å². The summed E-state index contributed by atoms with van der Waals surface area (Å²) in [7, 11) is 1.92. The number of aromatic nitrogens is 4. The van der Waals surface area contributed by atoms with Crippen LogP contribution in [-0.4, -0.2) is 38.0 Å². The highest BCUT2D eigenvalue weighted by molar-refractivity contribution is 7.99. The molecule has 4 rings (SSSR count). The van der Waals surface area contributed by atoms with E-state index >= 15 is 0 Å². The second-order valence-electron chi connectivity index (χ2n) is 6.09. The van der Waals surface area contributed by atoms with Crippen LogP contribution >= 0.6 is 23.1 Å². The van der Waals surface area contributed by atoms with Crippen LogP contribution < -0.4 is 5.32 Å². The van der Waals surface area contributed by atoms with Gasteiger partial charge in [0.05, 0.1) is 10.6 Å². The summed E-state index contributed by atoms with van der Waals surface area (Å²) in [6, 6.07) is 12.2. The minimum absolute atomic E-state index is 0.000477. The number of thiophene rings is 1. The van der Waals surface area contributed by atoms with Crippen molar-refractivity contribution in [2.45, 2.75) is 11.6 Å². The number of aromatic amines is 1. The SMILES string of the molecule is Cn1c(SCC(=O)NCCc2c[nH]c3ccccc23)nnc1-c1cccs1. The lowest BCUT2D eigenvalue weighted by atomic mass is 10.1. The van der Waals surface area contributed by atoms with E-state index in [2.05, 4.69) is 32.6 Å². The number of hydrogen-bond donors (Lipinski definition) is 2. The first-order chi connectivity index (χ1) is 13.2. The smallest absolute Gasteiger partial charge is 0.230 e. The number of fused-ring (bicyclic) bond motifs is 1. The third-order valence-electron chi connectivity index (χ3n) is 4.30. The standard InChI is InChI=1S/C19H19N5OS2/c1-24-18(16-7-4-10-26-16)22-23-19(24)27-12-17(25)20-9-8-13-11-21-15-6-3-2-5-14(13)15/h2-7,10-11,21H,8-9,12H2,1H3,(H,20,25). The third-order valence-corrected chi connectivity index (χ3v) is 6.19. The lowest BCUT2D eigenvalue weighted by Gasteiger charge is -2.05. The Bertz CT molecular complexity index is 1050. The van der Waals surface area contributed by atoms with Crippen LogP contribution in [-0.2, 0) is 18.3 Å². The fourth-order valence-electron chi connectivity index (χ4n) is 2.92. The number of amides is 1. The van der Waals surface area contributed by atoms with E-state index in [9.17, 15) is 4.79 Å². The molecule has 27 heavy (non-hydrogen) atoms. The van der Waals surface area contributed by atoms with Gasteiger partial charge >= 0.3 is 0 Å². The van der Waals surface area contributed by atoms with E-state index < -0.39 is 0 Å². The molecule has 4 aromatic rings. The van der Waals surface area contributed by atoms with Gasteiger partial charge < -0.3 is 14.9 Å². The molecule has 1 aromatic carbocycles. The number of para-hydroxylation sites is 1. The Morgan fingerprint density at radius 2 is 2.15 bits per heavy atom. The molecule has 2 N–H and O–H groups in total. The lowest BCUT2D eigenvalue weighted by molar-refractivity contribution is -0.118. The van der Waals surface area contributed by atoms with Gasteiger partial charge in [-0.05, 0) is 29.5 Å². The number of rotatable bonds is 7. The quantitative estimate of drug-likeness (QED) is 0.468. The molecule has 1 amide bonds. The summed E-state index contributed by atoms with van der Waals surface area (Å²) >= 11 is 3.02. The zero-order chi connectivity index (χ0) is 18.6. The summed E-state index contributed by atoms with van der Waals surface area (Å²) in [4.78, 5) is 16.5. The molecule has 0 aliphatic rings. The number of H-pyrrole nitrogens is 1. The molecule has 0 unspecified atom stereocenters. The average molecular weight is 398 g/mol. The van der Waals surface area contributed by atoms with Crippen LogP contribution in [0.4, 0.5) is 0 Å². The van der Waals surface area contributed by atoms with Crippen molar-refractivity contribution in [2.75, 3.05) is 12.3 Å². The predicted molar refractivity (Wildman–Crippen MR) is 110 cm³/mol. The molecule has 0 radical (unpaired) electrons. The molecular weight excluding hydrogens is 378 g/mol. The zero-order valence-corrected chi connectivity index (χ0v) is 16.4. The van der Waals surface area contributed by atoms with E-state index in [-0.39, 0.29) is 5.91 Å². The van der Waals surface area contributed by atoms with Crippen molar-refractivity contribution < 1.29 is 4.79 Å². The average Bonchev–Trinajstić information content (AvgIpc) is 3.41. The Morgan fingerprint density at radius 1 is 1.26 bits per heavy atom. The van der Waals surface area contributed by atoms with Crippen molar-refractivity contribution in [1.29, 1.82) is 0 Å². The van der Waals surface area contributed by atoms with E-state index in [0.29, 0.717) is 12.3 Å². The van der Waals surface area contributed by atoms with Gasteiger partial charge in [0.2, 0.25) is 5.91 Å². The molecule has 6 nitrogen and oxygen atoms in total. The number of benzene rings is 1. The lowest BCUT2D eigenvalue weighted by Crippen LogP contribution is -2.27. The van der Waals surface area contributed by atoms with Crippen molar-refractivity contribution in [3.8, 4) is 10.7 Å². The monoisotopic (exact) mass is 397 g/mol. The van der Waals surface area contributed by atoms with Gasteiger partial charge in [0.25, 0.3) is 0 Å². The number of carbonyl (C=O) groups excluding carboxylic acids is 1. The molecule has 3 heterocycles. The fourth-order valence-corrected chi connectivity index (χ4v) is 4.40. The second-order valence-corrected chi connectivity index (χ2v) is 7.98. The first-order valence-electron chi connectivity index (χ1n) is 8.60. The predicted octanol–water partition coefficient (Wildman–Crippen LogP) is 3.48. The summed E-state index contributed by atoms with van der Waals surface area (Å²) in [5, 5.41) is 15.4. The van der Waals surface area contributed by atoms with Gasteiger partial charge in [-0.1, -0.05) is 36.0 Å². The maximum Gasteiger partial charge on any atom is 0.230 e. The first kappa shape index (κ1) is 17.8. The molecular formula is C19H19N5OS2. The number of hydrogen-bond acceptors (Lipinski definition) is 5. The second kappa shape index (κ2) is 7.98. The largest absolute Gasteiger partial charge is 0.361 e. The highest BCUT2D eigenvalue weighted by Gasteiger charge is 2.13. The first-order valence-corrected chi connectivity index (χ1v) is 10.5. The van der Waals surface area contributed by atoms with Crippen molar-refractivity contribution >= 4 is 39.9 Å². The molecule has 0 aliphatic carbocycles. The van der Waals surface area contributed by atoms with Crippen LogP contribution in [0, 0.1) is 0 Å². The van der Waals surface area contributed by atoms with Crippen molar-refractivity contribution in [1.82, 2.24) is 25.1 Å². The Morgan fingerprint density at radius 3 is 3.00 bits per heavy atom. The number of thioether (sulfide) groups is 1. The van der Waals surface area contributed by atoms with Gasteiger partial charge in [-0.15, -0.1) is 21.5 Å². The summed E-state index contributed by atoms with van der Waals surface area (Å²) in [6.45, 7) is 0.612.